The zero-order valence-electron chi connectivity index (χ0n) is 15.3. The van der Waals surface area contributed by atoms with Crippen LogP contribution >= 0.6 is 11.6 Å². The van der Waals surface area contributed by atoms with Crippen molar-refractivity contribution in [3.8, 4) is 22.6 Å². The fraction of sp³-hybridized carbons (Fsp3) is 0.0909. The Morgan fingerprint density at radius 2 is 1.79 bits per heavy atom. The maximum atomic E-state index is 13.1. The van der Waals surface area contributed by atoms with Gasteiger partial charge in [-0.25, -0.2) is 9.36 Å². The van der Waals surface area contributed by atoms with Gasteiger partial charge >= 0.3 is 5.69 Å². The van der Waals surface area contributed by atoms with Gasteiger partial charge in [0.15, 0.2) is 0 Å². The van der Waals surface area contributed by atoms with Gasteiger partial charge in [0.1, 0.15) is 5.75 Å². The number of benzene rings is 3. The first kappa shape index (κ1) is 18.1. The number of halogens is 1. The number of hydrogen-bond acceptors (Lipinski definition) is 3. The number of nitrogens with zero attached hydrogens (tertiary/aromatic N) is 1. The summed E-state index contributed by atoms with van der Waals surface area (Å²) in [7, 11) is 1.55. The predicted octanol–water partition coefficient (Wildman–Crippen LogP) is 4.32. The Morgan fingerprint density at radius 3 is 2.54 bits per heavy atom. The average molecular weight is 393 g/mol. The van der Waals surface area contributed by atoms with E-state index in [9.17, 15) is 9.59 Å². The predicted molar refractivity (Wildman–Crippen MR) is 112 cm³/mol. The monoisotopic (exact) mass is 392 g/mol. The second kappa shape index (κ2) is 7.02. The number of rotatable bonds is 3. The van der Waals surface area contributed by atoms with Crippen LogP contribution in [-0.4, -0.2) is 16.7 Å². The minimum atomic E-state index is -0.509. The van der Waals surface area contributed by atoms with E-state index in [0.717, 1.165) is 15.7 Å². The zero-order chi connectivity index (χ0) is 19.8. The molecule has 6 heteroatoms. The molecule has 28 heavy (non-hydrogen) atoms. The Labute approximate surface area is 165 Å². The first-order valence-electron chi connectivity index (χ1n) is 8.69. The molecule has 5 nitrogen and oxygen atoms in total. The molecule has 0 bridgehead atoms. The lowest BCUT2D eigenvalue weighted by Gasteiger charge is -2.13. The highest BCUT2D eigenvalue weighted by Gasteiger charge is 2.14. The molecule has 0 saturated heterocycles. The fourth-order valence-electron chi connectivity index (χ4n) is 3.37. The summed E-state index contributed by atoms with van der Waals surface area (Å²) in [6, 6.07) is 18.0. The third kappa shape index (κ3) is 2.90. The van der Waals surface area contributed by atoms with E-state index in [1.165, 1.54) is 0 Å². The maximum absolute atomic E-state index is 13.1. The molecular weight excluding hydrogens is 376 g/mol. The number of H-pyrrole nitrogens is 1. The largest absolute Gasteiger partial charge is 0.496 e. The second-order valence-electron chi connectivity index (χ2n) is 6.42. The van der Waals surface area contributed by atoms with E-state index in [2.05, 4.69) is 4.98 Å². The molecule has 0 atom stereocenters. The van der Waals surface area contributed by atoms with Gasteiger partial charge in [0.05, 0.1) is 23.7 Å². The standard InChI is InChI=1S/C22H17ClN2O3/c1-13-19(8-5-9-20(13)28-2)25-21(26)16-11-10-14(12-18(16)24-22(25)27)15-6-3-4-7-17(15)23/h3-12H,1-2H3,(H,24,27). The second-order valence-corrected chi connectivity index (χ2v) is 6.82. The first-order chi connectivity index (χ1) is 13.5. The van der Waals surface area contributed by atoms with Crippen LogP contribution in [0.1, 0.15) is 5.56 Å². The first-order valence-corrected chi connectivity index (χ1v) is 9.07. The average Bonchev–Trinajstić information content (AvgIpc) is 2.69. The number of aromatic nitrogens is 2. The molecule has 0 saturated carbocycles. The van der Waals surface area contributed by atoms with E-state index in [4.69, 9.17) is 16.3 Å². The molecule has 0 spiro atoms. The van der Waals surface area contributed by atoms with E-state index < -0.39 is 5.69 Å². The van der Waals surface area contributed by atoms with Crippen molar-refractivity contribution in [3.05, 3.63) is 92.1 Å². The fourth-order valence-corrected chi connectivity index (χ4v) is 3.61. The van der Waals surface area contributed by atoms with Crippen LogP contribution in [0, 0.1) is 6.92 Å². The minimum Gasteiger partial charge on any atom is -0.496 e. The van der Waals surface area contributed by atoms with Crippen LogP contribution < -0.4 is 16.0 Å². The van der Waals surface area contributed by atoms with Crippen LogP contribution in [0.25, 0.3) is 27.7 Å². The van der Waals surface area contributed by atoms with Gasteiger partial charge in [0, 0.05) is 16.1 Å². The van der Waals surface area contributed by atoms with Crippen LogP contribution in [0.3, 0.4) is 0 Å². The number of hydrogen-bond donors (Lipinski definition) is 1. The Morgan fingerprint density at radius 1 is 1.00 bits per heavy atom. The van der Waals surface area contributed by atoms with Crippen molar-refractivity contribution in [3.63, 3.8) is 0 Å². The Bertz CT molecular complexity index is 1320. The third-order valence-electron chi connectivity index (χ3n) is 4.80. The molecule has 0 unspecified atom stereocenters. The Kier molecular flexibility index (Phi) is 4.53. The molecule has 0 amide bonds. The number of fused-ring (bicyclic) bond motifs is 1. The van der Waals surface area contributed by atoms with Gasteiger partial charge in [-0.2, -0.15) is 0 Å². The highest BCUT2D eigenvalue weighted by molar-refractivity contribution is 6.33. The molecule has 140 valence electrons. The van der Waals surface area contributed by atoms with E-state index in [1.54, 1.807) is 43.5 Å². The van der Waals surface area contributed by atoms with Crippen molar-refractivity contribution in [1.29, 1.82) is 0 Å². The number of nitrogens with one attached hydrogen (secondary N) is 1. The molecule has 0 aliphatic rings. The summed E-state index contributed by atoms with van der Waals surface area (Å²) >= 11 is 6.27. The van der Waals surface area contributed by atoms with Crippen LogP contribution in [0.5, 0.6) is 5.75 Å². The summed E-state index contributed by atoms with van der Waals surface area (Å²) < 4.78 is 6.44. The number of methoxy groups -OCH3 is 1. The highest BCUT2D eigenvalue weighted by Crippen LogP contribution is 2.29. The van der Waals surface area contributed by atoms with Crippen molar-refractivity contribution in [2.75, 3.05) is 7.11 Å². The Hall–Kier alpha value is -3.31. The molecule has 0 radical (unpaired) electrons. The summed E-state index contributed by atoms with van der Waals surface area (Å²) in [5, 5.41) is 1.02. The van der Waals surface area contributed by atoms with Crippen molar-refractivity contribution >= 4 is 22.5 Å². The normalized spacial score (nSPS) is 11.0. The van der Waals surface area contributed by atoms with E-state index in [1.807, 2.05) is 31.2 Å². The molecule has 0 aliphatic carbocycles. The number of ether oxygens (including phenoxy) is 1. The topological polar surface area (TPSA) is 64.1 Å². The van der Waals surface area contributed by atoms with Gasteiger partial charge in [0.25, 0.3) is 5.56 Å². The summed E-state index contributed by atoms with van der Waals surface area (Å²) in [5.74, 6) is 0.609. The molecule has 4 aromatic rings. The summed E-state index contributed by atoms with van der Waals surface area (Å²) in [5.41, 5.74) is 2.42. The van der Waals surface area contributed by atoms with Crippen LogP contribution in [0.2, 0.25) is 5.02 Å². The van der Waals surface area contributed by atoms with Crippen LogP contribution in [-0.2, 0) is 0 Å². The molecule has 1 N–H and O–H groups in total. The zero-order valence-corrected chi connectivity index (χ0v) is 16.1. The van der Waals surface area contributed by atoms with Gasteiger partial charge in [-0.05, 0) is 42.8 Å². The van der Waals surface area contributed by atoms with Gasteiger partial charge in [0.2, 0.25) is 0 Å². The SMILES string of the molecule is COc1cccc(-n2c(=O)[nH]c3cc(-c4ccccc4Cl)ccc3c2=O)c1C. The van der Waals surface area contributed by atoms with Gasteiger partial charge in [-0.15, -0.1) is 0 Å². The van der Waals surface area contributed by atoms with E-state index in [0.29, 0.717) is 32.9 Å². The van der Waals surface area contributed by atoms with Crippen LogP contribution in [0.15, 0.2) is 70.3 Å². The summed E-state index contributed by atoms with van der Waals surface area (Å²) in [6.07, 6.45) is 0. The smallest absolute Gasteiger partial charge is 0.333 e. The lowest BCUT2D eigenvalue weighted by atomic mass is 10.0. The van der Waals surface area contributed by atoms with Gasteiger partial charge < -0.3 is 9.72 Å². The van der Waals surface area contributed by atoms with Gasteiger partial charge in [-0.1, -0.05) is 41.9 Å². The maximum Gasteiger partial charge on any atom is 0.333 e. The van der Waals surface area contributed by atoms with Crippen LogP contribution in [0.4, 0.5) is 0 Å². The van der Waals surface area contributed by atoms with E-state index in [-0.39, 0.29) is 5.56 Å². The summed E-state index contributed by atoms with van der Waals surface area (Å²) in [6.45, 7) is 1.81. The van der Waals surface area contributed by atoms with Crippen molar-refractivity contribution < 1.29 is 4.74 Å². The van der Waals surface area contributed by atoms with Crippen molar-refractivity contribution in [1.82, 2.24) is 9.55 Å². The quantitative estimate of drug-likeness (QED) is 0.564. The molecule has 0 aliphatic heterocycles. The lowest BCUT2D eigenvalue weighted by Crippen LogP contribution is -2.34. The lowest BCUT2D eigenvalue weighted by molar-refractivity contribution is 0.411. The van der Waals surface area contributed by atoms with E-state index >= 15 is 0 Å². The number of aromatic amines is 1. The molecule has 4 rings (SSSR count). The van der Waals surface area contributed by atoms with Gasteiger partial charge in [-0.3, -0.25) is 4.79 Å². The molecule has 3 aromatic carbocycles. The molecular formula is C22H17ClN2O3. The molecule has 1 heterocycles. The Balaban J connectivity index is 1.96. The highest BCUT2D eigenvalue weighted by atomic mass is 35.5. The van der Waals surface area contributed by atoms with Crippen molar-refractivity contribution in [2.45, 2.75) is 6.92 Å². The minimum absolute atomic E-state index is 0.388. The molecule has 0 fully saturated rings. The molecule has 1 aromatic heterocycles. The third-order valence-corrected chi connectivity index (χ3v) is 5.13. The van der Waals surface area contributed by atoms with Crippen molar-refractivity contribution in [2.24, 2.45) is 0 Å². The summed E-state index contributed by atoms with van der Waals surface area (Å²) in [4.78, 5) is 28.7.